The summed E-state index contributed by atoms with van der Waals surface area (Å²) in [7, 11) is 0. The lowest BCUT2D eigenvalue weighted by Crippen LogP contribution is -2.26. The molecular weight excluding hydrogens is 230 g/mol. The molecule has 0 unspecified atom stereocenters. The van der Waals surface area contributed by atoms with Gasteiger partial charge in [-0.3, -0.25) is 9.78 Å². The molecule has 0 spiro atoms. The number of hydrogen-bond donors (Lipinski definition) is 1. The van der Waals surface area contributed by atoms with Crippen LogP contribution in [0.2, 0.25) is 0 Å². The van der Waals surface area contributed by atoms with Gasteiger partial charge in [0, 0.05) is 37.9 Å². The standard InChI is InChI=1S/C12H15N5O/c1-10-14-6-8-17(10)7-2-3-16-12(18)11-9-13-4-5-15-11/h4-6,8-9H,2-3,7H2,1H3,(H,16,18). The molecule has 18 heavy (non-hydrogen) atoms. The average molecular weight is 245 g/mol. The first-order valence-corrected chi connectivity index (χ1v) is 5.79. The van der Waals surface area contributed by atoms with Crippen molar-refractivity contribution in [1.82, 2.24) is 24.8 Å². The minimum Gasteiger partial charge on any atom is -0.351 e. The number of carbonyl (C=O) groups excluding carboxylic acids is 1. The topological polar surface area (TPSA) is 72.7 Å². The van der Waals surface area contributed by atoms with Gasteiger partial charge in [0.05, 0.1) is 6.20 Å². The third kappa shape index (κ3) is 3.13. The molecule has 0 aliphatic rings. The molecule has 1 amide bonds. The van der Waals surface area contributed by atoms with Crippen LogP contribution in [0.1, 0.15) is 22.7 Å². The minimum absolute atomic E-state index is 0.189. The number of rotatable bonds is 5. The summed E-state index contributed by atoms with van der Waals surface area (Å²) in [5, 5.41) is 2.81. The van der Waals surface area contributed by atoms with Gasteiger partial charge in [0.1, 0.15) is 11.5 Å². The summed E-state index contributed by atoms with van der Waals surface area (Å²) < 4.78 is 2.05. The van der Waals surface area contributed by atoms with Crippen LogP contribution in [0.25, 0.3) is 0 Å². The van der Waals surface area contributed by atoms with Crippen molar-refractivity contribution in [1.29, 1.82) is 0 Å². The summed E-state index contributed by atoms with van der Waals surface area (Å²) in [6, 6.07) is 0. The van der Waals surface area contributed by atoms with E-state index in [9.17, 15) is 4.79 Å². The van der Waals surface area contributed by atoms with Gasteiger partial charge >= 0.3 is 0 Å². The minimum atomic E-state index is -0.189. The van der Waals surface area contributed by atoms with Crippen LogP contribution < -0.4 is 5.32 Å². The molecule has 6 heteroatoms. The monoisotopic (exact) mass is 245 g/mol. The van der Waals surface area contributed by atoms with Crippen molar-refractivity contribution in [2.24, 2.45) is 0 Å². The molecule has 2 aromatic rings. The highest BCUT2D eigenvalue weighted by Crippen LogP contribution is 1.97. The first-order chi connectivity index (χ1) is 8.77. The zero-order valence-electron chi connectivity index (χ0n) is 10.2. The van der Waals surface area contributed by atoms with Crippen molar-refractivity contribution >= 4 is 5.91 Å². The predicted octanol–water partition coefficient (Wildman–Crippen LogP) is 0.802. The van der Waals surface area contributed by atoms with E-state index in [1.165, 1.54) is 12.4 Å². The first-order valence-electron chi connectivity index (χ1n) is 5.79. The molecule has 0 bridgehead atoms. The zero-order chi connectivity index (χ0) is 12.8. The summed E-state index contributed by atoms with van der Waals surface area (Å²) in [5.41, 5.74) is 0.344. The van der Waals surface area contributed by atoms with Crippen molar-refractivity contribution in [3.63, 3.8) is 0 Å². The maximum Gasteiger partial charge on any atom is 0.271 e. The molecule has 6 nitrogen and oxygen atoms in total. The highest BCUT2D eigenvalue weighted by Gasteiger charge is 2.05. The molecule has 0 aromatic carbocycles. The Balaban J connectivity index is 1.73. The second kappa shape index (κ2) is 5.90. The van der Waals surface area contributed by atoms with Crippen molar-refractivity contribution in [3.8, 4) is 0 Å². The van der Waals surface area contributed by atoms with Gasteiger partial charge in [0.15, 0.2) is 0 Å². The van der Waals surface area contributed by atoms with E-state index in [1.54, 1.807) is 12.4 Å². The third-order valence-electron chi connectivity index (χ3n) is 2.58. The molecule has 0 atom stereocenters. The molecule has 0 fully saturated rings. The maximum atomic E-state index is 11.6. The lowest BCUT2D eigenvalue weighted by atomic mass is 10.3. The molecule has 0 radical (unpaired) electrons. The van der Waals surface area contributed by atoms with Crippen LogP contribution >= 0.6 is 0 Å². The Morgan fingerprint density at radius 2 is 2.22 bits per heavy atom. The Morgan fingerprint density at radius 1 is 1.33 bits per heavy atom. The third-order valence-corrected chi connectivity index (χ3v) is 2.58. The van der Waals surface area contributed by atoms with E-state index in [0.29, 0.717) is 12.2 Å². The van der Waals surface area contributed by atoms with Crippen LogP contribution in [0.15, 0.2) is 31.0 Å². The fraction of sp³-hybridized carbons (Fsp3) is 0.333. The quantitative estimate of drug-likeness (QED) is 0.791. The Kier molecular flexibility index (Phi) is 4.01. The van der Waals surface area contributed by atoms with E-state index in [2.05, 4.69) is 24.8 Å². The number of amides is 1. The summed E-state index contributed by atoms with van der Waals surface area (Å²) in [5.74, 6) is 0.792. The van der Waals surface area contributed by atoms with Crippen LogP contribution in [-0.2, 0) is 6.54 Å². The molecular formula is C12H15N5O. The lowest BCUT2D eigenvalue weighted by Gasteiger charge is -2.06. The Hall–Kier alpha value is -2.24. The molecule has 0 aliphatic heterocycles. The number of nitrogens with one attached hydrogen (secondary N) is 1. The van der Waals surface area contributed by atoms with Gasteiger partial charge in [-0.05, 0) is 13.3 Å². The molecule has 1 N–H and O–H groups in total. The fourth-order valence-electron chi connectivity index (χ4n) is 1.60. The van der Waals surface area contributed by atoms with Crippen molar-refractivity contribution in [3.05, 3.63) is 42.5 Å². The number of carbonyl (C=O) groups is 1. The number of aromatic nitrogens is 4. The van der Waals surface area contributed by atoms with Gasteiger partial charge in [-0.1, -0.05) is 0 Å². The summed E-state index contributed by atoms with van der Waals surface area (Å²) >= 11 is 0. The highest BCUT2D eigenvalue weighted by molar-refractivity contribution is 5.91. The van der Waals surface area contributed by atoms with Crippen molar-refractivity contribution < 1.29 is 4.79 Å². The number of hydrogen-bond acceptors (Lipinski definition) is 4. The zero-order valence-corrected chi connectivity index (χ0v) is 10.2. The van der Waals surface area contributed by atoms with E-state index < -0.39 is 0 Å². The van der Waals surface area contributed by atoms with Gasteiger partial charge in [-0.25, -0.2) is 9.97 Å². The molecule has 2 rings (SSSR count). The van der Waals surface area contributed by atoms with Gasteiger partial charge < -0.3 is 9.88 Å². The Morgan fingerprint density at radius 3 is 2.89 bits per heavy atom. The average Bonchev–Trinajstić information content (AvgIpc) is 2.81. The van der Waals surface area contributed by atoms with E-state index in [-0.39, 0.29) is 5.91 Å². The Bertz CT molecular complexity index is 508. The summed E-state index contributed by atoms with van der Waals surface area (Å²) in [4.78, 5) is 23.6. The number of nitrogens with zero attached hydrogens (tertiary/aromatic N) is 4. The van der Waals surface area contributed by atoms with Crippen LogP contribution in [0, 0.1) is 6.92 Å². The van der Waals surface area contributed by atoms with Gasteiger partial charge in [0.25, 0.3) is 5.91 Å². The van der Waals surface area contributed by atoms with Gasteiger partial charge in [-0.15, -0.1) is 0 Å². The van der Waals surface area contributed by atoms with Gasteiger partial charge in [-0.2, -0.15) is 0 Å². The van der Waals surface area contributed by atoms with Crippen molar-refractivity contribution in [2.45, 2.75) is 19.9 Å². The van der Waals surface area contributed by atoms with Crippen LogP contribution in [-0.4, -0.2) is 32.0 Å². The van der Waals surface area contributed by atoms with Crippen LogP contribution in [0.5, 0.6) is 0 Å². The van der Waals surface area contributed by atoms with E-state index >= 15 is 0 Å². The van der Waals surface area contributed by atoms with Crippen LogP contribution in [0.3, 0.4) is 0 Å². The SMILES string of the molecule is Cc1nccn1CCCNC(=O)c1cnccn1. The molecule has 94 valence electrons. The largest absolute Gasteiger partial charge is 0.351 e. The second-order valence-electron chi connectivity index (χ2n) is 3.87. The van der Waals surface area contributed by atoms with Crippen molar-refractivity contribution in [2.75, 3.05) is 6.54 Å². The molecule has 0 saturated heterocycles. The number of imidazole rings is 1. The molecule has 2 aromatic heterocycles. The fourth-order valence-corrected chi connectivity index (χ4v) is 1.60. The molecule has 2 heterocycles. The normalized spacial score (nSPS) is 10.3. The predicted molar refractivity (Wildman–Crippen MR) is 65.9 cm³/mol. The van der Waals surface area contributed by atoms with Crippen LogP contribution in [0.4, 0.5) is 0 Å². The van der Waals surface area contributed by atoms with E-state index in [1.807, 2.05) is 13.1 Å². The number of aryl methyl sites for hydroxylation is 2. The van der Waals surface area contributed by atoms with E-state index in [0.717, 1.165) is 18.8 Å². The summed E-state index contributed by atoms with van der Waals surface area (Å²) in [6.45, 7) is 3.40. The van der Waals surface area contributed by atoms with E-state index in [4.69, 9.17) is 0 Å². The first kappa shape index (κ1) is 12.2. The maximum absolute atomic E-state index is 11.6. The van der Waals surface area contributed by atoms with Gasteiger partial charge in [0.2, 0.25) is 0 Å². The summed E-state index contributed by atoms with van der Waals surface area (Å²) in [6.07, 6.45) is 9.05. The highest BCUT2D eigenvalue weighted by atomic mass is 16.1. The lowest BCUT2D eigenvalue weighted by molar-refractivity contribution is 0.0947. The molecule has 0 aliphatic carbocycles. The molecule has 0 saturated carbocycles. The smallest absolute Gasteiger partial charge is 0.271 e. The second-order valence-corrected chi connectivity index (χ2v) is 3.87. The Labute approximate surface area is 105 Å².